The topological polar surface area (TPSA) is 58.1 Å². The van der Waals surface area contributed by atoms with Crippen molar-refractivity contribution in [3.63, 3.8) is 0 Å². The molecule has 0 amide bonds. The Labute approximate surface area is 147 Å². The van der Waals surface area contributed by atoms with Crippen LogP contribution in [0.5, 0.6) is 0 Å². The number of likely N-dealkylation sites (tertiary alicyclic amines) is 1. The van der Waals surface area contributed by atoms with E-state index in [1.54, 1.807) is 7.11 Å². The maximum Gasteiger partial charge on any atom is 0.191 e. The molecule has 2 saturated heterocycles. The lowest BCUT2D eigenvalue weighted by molar-refractivity contribution is -0.0855. The van der Waals surface area contributed by atoms with Crippen LogP contribution in [0, 0.1) is 0 Å². The van der Waals surface area contributed by atoms with Crippen LogP contribution < -0.4 is 10.6 Å². The van der Waals surface area contributed by atoms with E-state index in [4.69, 9.17) is 9.47 Å². The molecule has 24 heavy (non-hydrogen) atoms. The summed E-state index contributed by atoms with van der Waals surface area (Å²) in [7, 11) is 3.64. The van der Waals surface area contributed by atoms with Gasteiger partial charge in [0.05, 0.1) is 5.60 Å². The number of nitrogens with zero attached hydrogens (tertiary/aromatic N) is 2. The van der Waals surface area contributed by atoms with Crippen LogP contribution in [-0.2, 0) is 9.47 Å². The molecule has 0 unspecified atom stereocenters. The molecule has 2 fully saturated rings. The first-order chi connectivity index (χ1) is 11.7. The number of aliphatic imine (C=N–C) groups is 1. The van der Waals surface area contributed by atoms with Crippen molar-refractivity contribution >= 4 is 5.96 Å². The van der Waals surface area contributed by atoms with E-state index in [0.717, 1.165) is 38.6 Å². The van der Waals surface area contributed by atoms with E-state index in [-0.39, 0.29) is 5.60 Å². The van der Waals surface area contributed by atoms with Gasteiger partial charge in [0.25, 0.3) is 0 Å². The van der Waals surface area contributed by atoms with E-state index in [1.165, 1.54) is 45.3 Å². The first kappa shape index (κ1) is 19.5. The molecule has 0 spiro atoms. The molecule has 0 radical (unpaired) electrons. The number of rotatable bonds is 7. The zero-order chi connectivity index (χ0) is 17.3. The Kier molecular flexibility index (Phi) is 8.29. The Hall–Kier alpha value is -0.850. The second kappa shape index (κ2) is 10.2. The van der Waals surface area contributed by atoms with Crippen LogP contribution in [0.25, 0.3) is 0 Å². The molecule has 140 valence electrons. The van der Waals surface area contributed by atoms with Crippen LogP contribution in [0.3, 0.4) is 0 Å². The van der Waals surface area contributed by atoms with E-state index < -0.39 is 0 Å². The molecule has 2 aliphatic heterocycles. The smallest absolute Gasteiger partial charge is 0.191 e. The highest BCUT2D eigenvalue weighted by molar-refractivity contribution is 5.80. The Morgan fingerprint density at radius 3 is 2.58 bits per heavy atom. The van der Waals surface area contributed by atoms with Crippen LogP contribution in [0.15, 0.2) is 4.99 Å². The van der Waals surface area contributed by atoms with Gasteiger partial charge in [-0.05, 0) is 25.8 Å². The number of ether oxygens (including phenoxy) is 2. The molecule has 0 aliphatic carbocycles. The summed E-state index contributed by atoms with van der Waals surface area (Å²) in [6.45, 7) is 8.21. The van der Waals surface area contributed by atoms with E-state index in [0.29, 0.717) is 6.04 Å². The molecule has 2 N–H and O–H groups in total. The second-order valence-electron chi connectivity index (χ2n) is 7.04. The third-order valence-corrected chi connectivity index (χ3v) is 5.39. The molecule has 6 nitrogen and oxygen atoms in total. The first-order valence-electron chi connectivity index (χ1n) is 9.54. The maximum absolute atomic E-state index is 5.78. The summed E-state index contributed by atoms with van der Waals surface area (Å²) < 4.78 is 11.2. The predicted octanol–water partition coefficient (Wildman–Crippen LogP) is 1.61. The standard InChI is InChI=1S/C18H36N4O2/c1-4-5-10-22-11-6-16(7-12-22)21-17(19-2)20-15-18(23-3)8-13-24-14-9-18/h16H,4-15H2,1-3H3,(H2,19,20,21). The van der Waals surface area contributed by atoms with Gasteiger partial charge < -0.3 is 25.0 Å². The van der Waals surface area contributed by atoms with Crippen LogP contribution >= 0.6 is 0 Å². The summed E-state index contributed by atoms with van der Waals surface area (Å²) in [4.78, 5) is 6.98. The van der Waals surface area contributed by atoms with Gasteiger partial charge in [0.15, 0.2) is 5.96 Å². The molecule has 0 aromatic carbocycles. The first-order valence-corrected chi connectivity index (χ1v) is 9.54. The van der Waals surface area contributed by atoms with Crippen LogP contribution in [0.1, 0.15) is 45.4 Å². The molecular formula is C18H36N4O2. The minimum atomic E-state index is -0.126. The van der Waals surface area contributed by atoms with Crippen LogP contribution in [0.4, 0.5) is 0 Å². The predicted molar refractivity (Wildman–Crippen MR) is 98.7 cm³/mol. The number of unbranched alkanes of at least 4 members (excludes halogenated alkanes) is 1. The highest BCUT2D eigenvalue weighted by Crippen LogP contribution is 2.23. The fourth-order valence-electron chi connectivity index (χ4n) is 3.51. The zero-order valence-electron chi connectivity index (χ0n) is 15.8. The molecule has 0 bridgehead atoms. The van der Waals surface area contributed by atoms with Crippen molar-refractivity contribution in [3.8, 4) is 0 Å². The molecule has 0 atom stereocenters. The van der Waals surface area contributed by atoms with Crippen LogP contribution in [-0.4, -0.2) is 76.1 Å². The highest BCUT2D eigenvalue weighted by Gasteiger charge is 2.32. The van der Waals surface area contributed by atoms with Crippen molar-refractivity contribution in [1.29, 1.82) is 0 Å². The lowest BCUT2D eigenvalue weighted by Crippen LogP contribution is -2.53. The third-order valence-electron chi connectivity index (χ3n) is 5.39. The van der Waals surface area contributed by atoms with Crippen molar-refractivity contribution in [2.24, 2.45) is 4.99 Å². The van der Waals surface area contributed by atoms with Crippen molar-refractivity contribution in [2.75, 3.05) is 53.6 Å². The van der Waals surface area contributed by atoms with Gasteiger partial charge in [-0.3, -0.25) is 4.99 Å². The van der Waals surface area contributed by atoms with E-state index in [1.807, 2.05) is 7.05 Å². The normalized spacial score (nSPS) is 23.2. The second-order valence-corrected chi connectivity index (χ2v) is 7.04. The summed E-state index contributed by atoms with van der Waals surface area (Å²) >= 11 is 0. The number of hydrogen-bond acceptors (Lipinski definition) is 4. The monoisotopic (exact) mass is 340 g/mol. The van der Waals surface area contributed by atoms with Crippen molar-refractivity contribution in [3.05, 3.63) is 0 Å². The number of nitrogens with one attached hydrogen (secondary N) is 2. The Balaban J connectivity index is 1.73. The SMILES string of the molecule is CCCCN1CCC(NC(=NC)NCC2(OC)CCOCC2)CC1. The number of methoxy groups -OCH3 is 1. The third kappa shape index (κ3) is 5.90. The summed E-state index contributed by atoms with van der Waals surface area (Å²) in [5.74, 6) is 0.893. The quantitative estimate of drug-likeness (QED) is 0.545. The molecular weight excluding hydrogens is 304 g/mol. The minimum absolute atomic E-state index is 0.126. The maximum atomic E-state index is 5.78. The van der Waals surface area contributed by atoms with Gasteiger partial charge in [0.2, 0.25) is 0 Å². The fourth-order valence-corrected chi connectivity index (χ4v) is 3.51. The zero-order valence-corrected chi connectivity index (χ0v) is 15.8. The molecule has 2 heterocycles. The van der Waals surface area contributed by atoms with Crippen molar-refractivity contribution in [1.82, 2.24) is 15.5 Å². The molecule has 2 aliphatic rings. The summed E-state index contributed by atoms with van der Waals surface area (Å²) in [5, 5.41) is 7.06. The van der Waals surface area contributed by atoms with Gasteiger partial charge in [-0.1, -0.05) is 13.3 Å². The summed E-state index contributed by atoms with van der Waals surface area (Å²) in [5.41, 5.74) is -0.126. The van der Waals surface area contributed by atoms with E-state index in [2.05, 4.69) is 27.4 Å². The van der Waals surface area contributed by atoms with Gasteiger partial charge in [-0.25, -0.2) is 0 Å². The van der Waals surface area contributed by atoms with Gasteiger partial charge in [-0.15, -0.1) is 0 Å². The van der Waals surface area contributed by atoms with Crippen LogP contribution in [0.2, 0.25) is 0 Å². The Bertz CT molecular complexity index is 375. The van der Waals surface area contributed by atoms with Gasteiger partial charge in [0.1, 0.15) is 0 Å². The molecule has 0 aromatic heterocycles. The summed E-state index contributed by atoms with van der Waals surface area (Å²) in [6, 6.07) is 0.516. The Morgan fingerprint density at radius 1 is 1.29 bits per heavy atom. The van der Waals surface area contributed by atoms with Gasteiger partial charge in [0, 0.05) is 65.9 Å². The van der Waals surface area contributed by atoms with Crippen molar-refractivity contribution < 1.29 is 9.47 Å². The van der Waals surface area contributed by atoms with Gasteiger partial charge in [-0.2, -0.15) is 0 Å². The summed E-state index contributed by atoms with van der Waals surface area (Å²) in [6.07, 6.45) is 6.83. The van der Waals surface area contributed by atoms with Crippen molar-refractivity contribution in [2.45, 2.75) is 57.1 Å². The minimum Gasteiger partial charge on any atom is -0.381 e. The Morgan fingerprint density at radius 2 is 2.00 bits per heavy atom. The fraction of sp³-hybridized carbons (Fsp3) is 0.944. The average Bonchev–Trinajstić information content (AvgIpc) is 2.65. The number of hydrogen-bond donors (Lipinski definition) is 2. The number of guanidine groups is 1. The molecule has 0 saturated carbocycles. The molecule has 0 aromatic rings. The highest BCUT2D eigenvalue weighted by atomic mass is 16.5. The largest absolute Gasteiger partial charge is 0.381 e. The molecule has 6 heteroatoms. The molecule has 2 rings (SSSR count). The van der Waals surface area contributed by atoms with E-state index in [9.17, 15) is 0 Å². The number of piperidine rings is 1. The lowest BCUT2D eigenvalue weighted by atomic mass is 9.94. The van der Waals surface area contributed by atoms with E-state index >= 15 is 0 Å². The average molecular weight is 341 g/mol. The lowest BCUT2D eigenvalue weighted by Gasteiger charge is -2.37. The van der Waals surface area contributed by atoms with Gasteiger partial charge >= 0.3 is 0 Å².